The van der Waals surface area contributed by atoms with Crippen LogP contribution in [0.5, 0.6) is 5.75 Å². The Labute approximate surface area is 142 Å². The molecule has 0 radical (unpaired) electrons. The van der Waals surface area contributed by atoms with Crippen LogP contribution in [0, 0.1) is 5.92 Å². The van der Waals surface area contributed by atoms with Crippen LogP contribution in [0.25, 0.3) is 0 Å². The second-order valence-electron chi connectivity index (χ2n) is 5.85. The van der Waals surface area contributed by atoms with Crippen LogP contribution in [-0.4, -0.2) is 25.6 Å². The zero-order valence-corrected chi connectivity index (χ0v) is 14.0. The number of piperidine rings is 1. The second kappa shape index (κ2) is 8.04. The Balaban J connectivity index is 0.00000176. The fourth-order valence-corrected chi connectivity index (χ4v) is 3.26. The molecule has 1 fully saturated rings. The maximum atomic E-state index is 12.1. The SMILES string of the molecule is Cl.O=C(CCC1CCNCC1)NC1COc2ccc(Cl)cc21. The van der Waals surface area contributed by atoms with E-state index in [9.17, 15) is 4.79 Å². The summed E-state index contributed by atoms with van der Waals surface area (Å²) in [5.41, 5.74) is 0.984. The van der Waals surface area contributed by atoms with E-state index >= 15 is 0 Å². The molecule has 3 rings (SSSR count). The molecule has 1 aromatic carbocycles. The topological polar surface area (TPSA) is 50.4 Å². The summed E-state index contributed by atoms with van der Waals surface area (Å²) in [7, 11) is 0. The molecular weight excluding hydrogens is 323 g/mol. The van der Waals surface area contributed by atoms with Gasteiger partial charge in [-0.15, -0.1) is 12.4 Å². The third-order valence-electron chi connectivity index (χ3n) is 4.33. The van der Waals surface area contributed by atoms with Crippen LogP contribution < -0.4 is 15.4 Å². The van der Waals surface area contributed by atoms with Crippen LogP contribution in [0.3, 0.4) is 0 Å². The van der Waals surface area contributed by atoms with E-state index in [1.165, 1.54) is 12.8 Å². The quantitative estimate of drug-likeness (QED) is 0.882. The normalized spacial score (nSPS) is 20.7. The van der Waals surface area contributed by atoms with Crippen LogP contribution in [0.15, 0.2) is 18.2 Å². The number of fused-ring (bicyclic) bond motifs is 1. The molecule has 4 nitrogen and oxygen atoms in total. The maximum absolute atomic E-state index is 12.1. The van der Waals surface area contributed by atoms with E-state index in [1.54, 1.807) is 0 Å². The van der Waals surface area contributed by atoms with E-state index in [1.807, 2.05) is 18.2 Å². The highest BCUT2D eigenvalue weighted by atomic mass is 35.5. The van der Waals surface area contributed by atoms with Crippen molar-refractivity contribution in [1.82, 2.24) is 10.6 Å². The number of hydrogen-bond donors (Lipinski definition) is 2. The average Bonchev–Trinajstić information content (AvgIpc) is 2.88. The molecule has 0 aliphatic carbocycles. The number of hydrogen-bond acceptors (Lipinski definition) is 3. The minimum absolute atomic E-state index is 0. The molecule has 1 saturated heterocycles. The molecule has 122 valence electrons. The predicted molar refractivity (Wildman–Crippen MR) is 89.9 cm³/mol. The van der Waals surface area contributed by atoms with Crippen molar-refractivity contribution in [3.8, 4) is 5.75 Å². The lowest BCUT2D eigenvalue weighted by molar-refractivity contribution is -0.122. The first-order valence-electron chi connectivity index (χ1n) is 7.64. The predicted octanol–water partition coefficient (Wildman–Crippen LogP) is 3.09. The molecule has 1 atom stereocenters. The molecule has 0 bridgehead atoms. The summed E-state index contributed by atoms with van der Waals surface area (Å²) >= 11 is 6.01. The Morgan fingerprint density at radius 2 is 2.14 bits per heavy atom. The molecule has 1 amide bonds. The van der Waals surface area contributed by atoms with Crippen molar-refractivity contribution in [2.75, 3.05) is 19.7 Å². The zero-order valence-electron chi connectivity index (χ0n) is 12.4. The fraction of sp³-hybridized carbons (Fsp3) is 0.562. The van der Waals surface area contributed by atoms with Gasteiger partial charge in [0.05, 0.1) is 6.04 Å². The third-order valence-corrected chi connectivity index (χ3v) is 4.56. The van der Waals surface area contributed by atoms with Crippen molar-refractivity contribution in [1.29, 1.82) is 0 Å². The fourth-order valence-electron chi connectivity index (χ4n) is 3.08. The Hall–Kier alpha value is -0.970. The van der Waals surface area contributed by atoms with Crippen molar-refractivity contribution in [3.63, 3.8) is 0 Å². The summed E-state index contributed by atoms with van der Waals surface area (Å²) in [6, 6.07) is 5.47. The largest absolute Gasteiger partial charge is 0.491 e. The number of amides is 1. The summed E-state index contributed by atoms with van der Waals surface area (Å²) in [5, 5.41) is 7.09. The van der Waals surface area contributed by atoms with Gasteiger partial charge in [-0.3, -0.25) is 4.79 Å². The van der Waals surface area contributed by atoms with E-state index in [2.05, 4.69) is 10.6 Å². The molecule has 22 heavy (non-hydrogen) atoms. The number of nitrogens with one attached hydrogen (secondary N) is 2. The summed E-state index contributed by atoms with van der Waals surface area (Å²) in [4.78, 5) is 12.1. The van der Waals surface area contributed by atoms with Crippen LogP contribution in [0.2, 0.25) is 5.02 Å². The Bertz CT molecular complexity index is 519. The minimum Gasteiger partial charge on any atom is -0.491 e. The monoisotopic (exact) mass is 344 g/mol. The van der Waals surface area contributed by atoms with E-state index in [4.69, 9.17) is 16.3 Å². The van der Waals surface area contributed by atoms with Gasteiger partial charge in [-0.05, 0) is 56.5 Å². The van der Waals surface area contributed by atoms with Crippen molar-refractivity contribution in [3.05, 3.63) is 28.8 Å². The summed E-state index contributed by atoms with van der Waals surface area (Å²) in [6.45, 7) is 2.65. The Kier molecular flexibility index (Phi) is 6.36. The molecule has 0 saturated carbocycles. The van der Waals surface area contributed by atoms with E-state index in [-0.39, 0.29) is 24.4 Å². The molecule has 2 aliphatic rings. The third kappa shape index (κ3) is 4.28. The molecule has 0 aromatic heterocycles. The van der Waals surface area contributed by atoms with Gasteiger partial charge in [0.1, 0.15) is 12.4 Å². The Morgan fingerprint density at radius 3 is 2.91 bits per heavy atom. The van der Waals surface area contributed by atoms with Gasteiger partial charge in [-0.2, -0.15) is 0 Å². The van der Waals surface area contributed by atoms with Gasteiger partial charge in [0, 0.05) is 17.0 Å². The van der Waals surface area contributed by atoms with E-state index in [0.717, 1.165) is 30.8 Å². The second-order valence-corrected chi connectivity index (χ2v) is 6.28. The van der Waals surface area contributed by atoms with Gasteiger partial charge >= 0.3 is 0 Å². The highest BCUT2D eigenvalue weighted by molar-refractivity contribution is 6.30. The van der Waals surface area contributed by atoms with Crippen LogP contribution in [0.1, 0.15) is 37.3 Å². The first-order chi connectivity index (χ1) is 10.2. The van der Waals surface area contributed by atoms with Gasteiger partial charge in [0.25, 0.3) is 0 Å². The number of halogens is 2. The van der Waals surface area contributed by atoms with Gasteiger partial charge in [0.15, 0.2) is 0 Å². The standard InChI is InChI=1S/C16H21ClN2O2.ClH/c17-12-2-3-15-13(9-12)14(10-21-15)19-16(20)4-1-11-5-7-18-8-6-11;/h2-3,9,11,14,18H,1,4-8,10H2,(H,19,20);1H. The highest BCUT2D eigenvalue weighted by Gasteiger charge is 2.26. The van der Waals surface area contributed by atoms with E-state index < -0.39 is 0 Å². The Morgan fingerprint density at radius 1 is 1.36 bits per heavy atom. The number of benzene rings is 1. The lowest BCUT2D eigenvalue weighted by Gasteiger charge is -2.22. The first kappa shape index (κ1) is 17.4. The summed E-state index contributed by atoms with van der Waals surface area (Å²) < 4.78 is 5.58. The zero-order chi connectivity index (χ0) is 14.7. The molecule has 2 aliphatic heterocycles. The van der Waals surface area contributed by atoms with E-state index in [0.29, 0.717) is 24.0 Å². The van der Waals surface area contributed by atoms with Crippen molar-refractivity contribution in [2.24, 2.45) is 5.92 Å². The van der Waals surface area contributed by atoms with Crippen molar-refractivity contribution < 1.29 is 9.53 Å². The number of carbonyl (C=O) groups is 1. The maximum Gasteiger partial charge on any atom is 0.220 e. The first-order valence-corrected chi connectivity index (χ1v) is 8.02. The van der Waals surface area contributed by atoms with Crippen LogP contribution >= 0.6 is 24.0 Å². The van der Waals surface area contributed by atoms with Gasteiger partial charge < -0.3 is 15.4 Å². The molecule has 2 heterocycles. The lowest BCUT2D eigenvalue weighted by Crippen LogP contribution is -2.31. The highest BCUT2D eigenvalue weighted by Crippen LogP contribution is 2.34. The summed E-state index contributed by atoms with van der Waals surface area (Å²) in [5.74, 6) is 1.61. The number of ether oxygens (including phenoxy) is 1. The lowest BCUT2D eigenvalue weighted by atomic mass is 9.93. The molecule has 1 aromatic rings. The molecule has 6 heteroatoms. The van der Waals surface area contributed by atoms with Gasteiger partial charge in [0.2, 0.25) is 5.91 Å². The van der Waals surface area contributed by atoms with Crippen LogP contribution in [0.4, 0.5) is 0 Å². The molecular formula is C16H22Cl2N2O2. The number of carbonyl (C=O) groups excluding carboxylic acids is 1. The van der Waals surface area contributed by atoms with Gasteiger partial charge in [-0.25, -0.2) is 0 Å². The number of rotatable bonds is 4. The summed E-state index contributed by atoms with van der Waals surface area (Å²) in [6.07, 6.45) is 3.93. The molecule has 2 N–H and O–H groups in total. The average molecular weight is 345 g/mol. The molecule has 1 unspecified atom stereocenters. The van der Waals surface area contributed by atoms with Crippen molar-refractivity contribution >= 4 is 29.9 Å². The van der Waals surface area contributed by atoms with Crippen molar-refractivity contribution in [2.45, 2.75) is 31.7 Å². The minimum atomic E-state index is -0.0702. The molecule has 0 spiro atoms. The van der Waals surface area contributed by atoms with Crippen LogP contribution in [-0.2, 0) is 4.79 Å². The van der Waals surface area contributed by atoms with Gasteiger partial charge in [-0.1, -0.05) is 11.6 Å². The smallest absolute Gasteiger partial charge is 0.220 e.